The first-order valence-electron chi connectivity index (χ1n) is 8.68. The van der Waals surface area contributed by atoms with Gasteiger partial charge in [0, 0.05) is 6.54 Å². The Hall–Kier alpha value is -2.82. The Bertz CT molecular complexity index is 932. The molecule has 1 amide bonds. The molecule has 0 heterocycles. The van der Waals surface area contributed by atoms with Gasteiger partial charge in [0.1, 0.15) is 11.6 Å². The first-order chi connectivity index (χ1) is 13.9. The van der Waals surface area contributed by atoms with Crippen LogP contribution in [-0.4, -0.2) is 30.1 Å². The Balaban J connectivity index is 1.99. The number of aryl methyl sites for hydroxylation is 1. The molecule has 0 spiro atoms. The lowest BCUT2D eigenvalue weighted by Crippen LogP contribution is -2.25. The molecule has 2 aromatic carbocycles. The quantitative estimate of drug-likeness (QED) is 0.320. The molecule has 2 N–H and O–H groups in total. The van der Waals surface area contributed by atoms with Crippen LogP contribution in [0.1, 0.15) is 17.5 Å². The standard InChI is InChI=1S/C21H18BrClN2O4/c22-17-10-15(11-18(23)20(17)29-13-19(26)27)9-16(12-24)21(28)25-8-4-7-14-5-2-1-3-6-14/h1-3,5-6,9-11H,4,7-8,13H2,(H,25,28)(H,26,27)/b16-9-. The molecular formula is C21H18BrClN2O4. The Morgan fingerprint density at radius 2 is 2.00 bits per heavy atom. The number of nitrogens with one attached hydrogen (secondary N) is 1. The number of hydrogen-bond acceptors (Lipinski definition) is 4. The molecule has 0 aliphatic heterocycles. The lowest BCUT2D eigenvalue weighted by atomic mass is 10.1. The topological polar surface area (TPSA) is 99.4 Å². The van der Waals surface area contributed by atoms with Gasteiger partial charge in [0.2, 0.25) is 0 Å². The number of benzene rings is 2. The zero-order chi connectivity index (χ0) is 21.2. The van der Waals surface area contributed by atoms with Gasteiger partial charge >= 0.3 is 5.97 Å². The van der Waals surface area contributed by atoms with Gasteiger partial charge in [0.25, 0.3) is 5.91 Å². The van der Waals surface area contributed by atoms with Crippen LogP contribution in [0.25, 0.3) is 6.08 Å². The van der Waals surface area contributed by atoms with E-state index in [4.69, 9.17) is 21.4 Å². The van der Waals surface area contributed by atoms with Gasteiger partial charge in [-0.1, -0.05) is 41.9 Å². The highest BCUT2D eigenvalue weighted by Gasteiger charge is 2.13. The predicted octanol–water partition coefficient (Wildman–Crippen LogP) is 4.22. The number of hydrogen-bond donors (Lipinski definition) is 2. The van der Waals surface area contributed by atoms with Gasteiger partial charge in [-0.3, -0.25) is 4.79 Å². The molecule has 0 aliphatic carbocycles. The summed E-state index contributed by atoms with van der Waals surface area (Å²) in [6.45, 7) is -0.0957. The maximum atomic E-state index is 12.3. The minimum Gasteiger partial charge on any atom is -0.479 e. The zero-order valence-electron chi connectivity index (χ0n) is 15.3. The van der Waals surface area contributed by atoms with Crippen molar-refractivity contribution in [3.63, 3.8) is 0 Å². The van der Waals surface area contributed by atoms with Crippen molar-refractivity contribution in [1.29, 1.82) is 5.26 Å². The summed E-state index contributed by atoms with van der Waals surface area (Å²) in [6.07, 6.45) is 2.98. The van der Waals surface area contributed by atoms with Gasteiger partial charge in [-0.05, 0) is 58.1 Å². The van der Waals surface area contributed by atoms with Gasteiger partial charge in [-0.2, -0.15) is 5.26 Å². The lowest BCUT2D eigenvalue weighted by Gasteiger charge is -2.09. The molecule has 29 heavy (non-hydrogen) atoms. The highest BCUT2D eigenvalue weighted by Crippen LogP contribution is 2.35. The van der Waals surface area contributed by atoms with Gasteiger partial charge in [-0.15, -0.1) is 0 Å². The number of ether oxygens (including phenoxy) is 1. The fraction of sp³-hybridized carbons (Fsp3) is 0.190. The molecule has 8 heteroatoms. The van der Waals surface area contributed by atoms with Crippen LogP contribution in [0, 0.1) is 11.3 Å². The van der Waals surface area contributed by atoms with Crippen molar-refractivity contribution in [3.8, 4) is 11.8 Å². The predicted molar refractivity (Wildman–Crippen MR) is 114 cm³/mol. The second kappa shape index (κ2) is 11.2. The summed E-state index contributed by atoms with van der Waals surface area (Å²) in [7, 11) is 0. The number of carbonyl (C=O) groups excluding carboxylic acids is 1. The largest absolute Gasteiger partial charge is 0.479 e. The summed E-state index contributed by atoms with van der Waals surface area (Å²) in [5.74, 6) is -1.43. The molecule has 150 valence electrons. The Labute approximate surface area is 181 Å². The molecular weight excluding hydrogens is 460 g/mol. The van der Waals surface area contributed by atoms with E-state index in [0.717, 1.165) is 12.8 Å². The molecule has 0 bridgehead atoms. The first-order valence-corrected chi connectivity index (χ1v) is 9.85. The van der Waals surface area contributed by atoms with Crippen LogP contribution in [0.4, 0.5) is 0 Å². The zero-order valence-corrected chi connectivity index (χ0v) is 17.7. The van der Waals surface area contributed by atoms with Gasteiger partial charge in [-0.25, -0.2) is 4.79 Å². The van der Waals surface area contributed by atoms with Crippen LogP contribution in [0.5, 0.6) is 5.75 Å². The Morgan fingerprint density at radius 1 is 1.28 bits per heavy atom. The number of amides is 1. The van der Waals surface area contributed by atoms with Crippen molar-refractivity contribution in [2.24, 2.45) is 0 Å². The number of carbonyl (C=O) groups is 2. The molecule has 2 aromatic rings. The van der Waals surface area contributed by atoms with E-state index in [1.807, 2.05) is 36.4 Å². The molecule has 0 atom stereocenters. The van der Waals surface area contributed by atoms with E-state index >= 15 is 0 Å². The molecule has 0 saturated heterocycles. The van der Waals surface area contributed by atoms with E-state index in [-0.39, 0.29) is 16.3 Å². The summed E-state index contributed by atoms with van der Waals surface area (Å²) in [5, 5.41) is 20.9. The van der Waals surface area contributed by atoms with Crippen LogP contribution >= 0.6 is 27.5 Å². The fourth-order valence-electron chi connectivity index (χ4n) is 2.48. The number of nitrogens with zero attached hydrogens (tertiary/aromatic N) is 1. The van der Waals surface area contributed by atoms with Gasteiger partial charge in [0.05, 0.1) is 9.50 Å². The van der Waals surface area contributed by atoms with Crippen LogP contribution in [0.2, 0.25) is 5.02 Å². The monoisotopic (exact) mass is 476 g/mol. The maximum Gasteiger partial charge on any atom is 0.341 e. The molecule has 0 unspecified atom stereocenters. The summed E-state index contributed by atoms with van der Waals surface area (Å²) in [6, 6.07) is 14.9. The van der Waals surface area contributed by atoms with Crippen LogP contribution < -0.4 is 10.1 Å². The average molecular weight is 478 g/mol. The van der Waals surface area contributed by atoms with Crippen molar-refractivity contribution >= 4 is 45.5 Å². The van der Waals surface area contributed by atoms with Gasteiger partial charge < -0.3 is 15.2 Å². The Morgan fingerprint density at radius 3 is 2.62 bits per heavy atom. The molecule has 6 nitrogen and oxygen atoms in total. The normalized spacial score (nSPS) is 10.9. The second-order valence-electron chi connectivity index (χ2n) is 6.01. The molecule has 2 rings (SSSR count). The van der Waals surface area contributed by atoms with E-state index in [1.165, 1.54) is 17.7 Å². The van der Waals surface area contributed by atoms with Crippen LogP contribution in [0.3, 0.4) is 0 Å². The number of carboxylic acids is 1. The highest BCUT2D eigenvalue weighted by molar-refractivity contribution is 9.10. The molecule has 0 saturated carbocycles. The van der Waals surface area contributed by atoms with E-state index in [0.29, 0.717) is 16.6 Å². The highest BCUT2D eigenvalue weighted by atomic mass is 79.9. The fourth-order valence-corrected chi connectivity index (χ4v) is 3.47. The van der Waals surface area contributed by atoms with Crippen molar-refractivity contribution < 1.29 is 19.4 Å². The summed E-state index contributed by atoms with van der Waals surface area (Å²) in [5.41, 5.74) is 1.62. The smallest absolute Gasteiger partial charge is 0.341 e. The minimum atomic E-state index is -1.13. The first kappa shape index (κ1) is 22.5. The SMILES string of the molecule is N#C/C(=C/c1cc(Cl)c(OCC(=O)O)c(Br)c1)C(=O)NCCCc1ccccc1. The van der Waals surface area contributed by atoms with Gasteiger partial charge in [0.15, 0.2) is 12.4 Å². The third-order valence-electron chi connectivity index (χ3n) is 3.81. The molecule has 0 aliphatic rings. The van der Waals surface area contributed by atoms with Crippen molar-refractivity contribution in [1.82, 2.24) is 5.32 Å². The van der Waals surface area contributed by atoms with Crippen molar-refractivity contribution in [3.05, 3.63) is 68.7 Å². The summed E-state index contributed by atoms with van der Waals surface area (Å²) >= 11 is 9.38. The van der Waals surface area contributed by atoms with E-state index in [1.54, 1.807) is 6.07 Å². The second-order valence-corrected chi connectivity index (χ2v) is 7.27. The van der Waals surface area contributed by atoms with Crippen molar-refractivity contribution in [2.75, 3.05) is 13.2 Å². The summed E-state index contributed by atoms with van der Waals surface area (Å²) < 4.78 is 5.54. The number of nitriles is 1. The third-order valence-corrected chi connectivity index (χ3v) is 4.68. The maximum absolute atomic E-state index is 12.3. The number of halogens is 2. The minimum absolute atomic E-state index is 0.0631. The van der Waals surface area contributed by atoms with E-state index < -0.39 is 18.5 Å². The number of carboxylic acid groups (broad SMARTS) is 1. The van der Waals surface area contributed by atoms with Crippen LogP contribution in [-0.2, 0) is 16.0 Å². The summed E-state index contributed by atoms with van der Waals surface area (Å²) in [4.78, 5) is 22.9. The lowest BCUT2D eigenvalue weighted by molar-refractivity contribution is -0.139. The molecule has 0 aromatic heterocycles. The third kappa shape index (κ3) is 7.26. The van der Waals surface area contributed by atoms with Crippen LogP contribution in [0.15, 0.2) is 52.5 Å². The van der Waals surface area contributed by atoms with E-state index in [9.17, 15) is 14.9 Å². The average Bonchev–Trinajstić information content (AvgIpc) is 2.69. The van der Waals surface area contributed by atoms with E-state index in [2.05, 4.69) is 21.2 Å². The number of aliphatic carboxylic acids is 1. The molecule has 0 radical (unpaired) electrons. The Kier molecular flexibility index (Phi) is 8.71. The molecule has 0 fully saturated rings. The van der Waals surface area contributed by atoms with Crippen molar-refractivity contribution in [2.45, 2.75) is 12.8 Å². The number of rotatable bonds is 9.